The lowest BCUT2D eigenvalue weighted by Crippen LogP contribution is -2.26. The summed E-state index contributed by atoms with van der Waals surface area (Å²) in [5.74, 6) is -1.75. The molecule has 0 radical (unpaired) electrons. The molecule has 1 heterocycles. The monoisotopic (exact) mass is 561 g/mol. The van der Waals surface area contributed by atoms with Gasteiger partial charge in [0.1, 0.15) is 17.7 Å². The van der Waals surface area contributed by atoms with Crippen molar-refractivity contribution in [3.63, 3.8) is 0 Å². The molecule has 0 amide bonds. The molecule has 0 saturated carbocycles. The number of phenolic OH excluding ortho intramolecular Hbond substituents is 1. The van der Waals surface area contributed by atoms with Crippen molar-refractivity contribution >= 4 is 11.1 Å². The standard InChI is InChI=1S/C31H29F6NO2/c32-14-2-15-38-16-13-22(18-38)40-21-8-5-19(6-9-21)29-24(23-10-7-20(33)17-27(23)31(35,36)37)3-1-4-26-25(29)11-12-28(39)30(26)34/h5-12,17,22,39H,1-4,13-16,18H2/t22-/m0/s1. The van der Waals surface area contributed by atoms with Gasteiger partial charge in [-0.25, -0.2) is 8.78 Å². The fraction of sp³-hybridized carbons (Fsp3) is 0.355. The molecule has 212 valence electrons. The van der Waals surface area contributed by atoms with E-state index in [1.54, 1.807) is 24.3 Å². The number of allylic oxidation sites excluding steroid dienone is 1. The molecule has 1 N–H and O–H groups in total. The van der Waals surface area contributed by atoms with E-state index in [1.165, 1.54) is 12.1 Å². The molecule has 0 spiro atoms. The van der Waals surface area contributed by atoms with Gasteiger partial charge in [-0.3, -0.25) is 9.29 Å². The molecule has 0 aromatic heterocycles. The highest BCUT2D eigenvalue weighted by atomic mass is 19.4. The van der Waals surface area contributed by atoms with Crippen molar-refractivity contribution in [2.75, 3.05) is 26.3 Å². The summed E-state index contributed by atoms with van der Waals surface area (Å²) in [5.41, 5.74) is 0.612. The summed E-state index contributed by atoms with van der Waals surface area (Å²) >= 11 is 0. The first-order valence-electron chi connectivity index (χ1n) is 13.3. The first kappa shape index (κ1) is 28.1. The number of halogens is 6. The van der Waals surface area contributed by atoms with Crippen LogP contribution in [0, 0.1) is 11.6 Å². The Morgan fingerprint density at radius 1 is 0.950 bits per heavy atom. The molecule has 3 aromatic rings. The number of hydrogen-bond acceptors (Lipinski definition) is 3. The lowest BCUT2D eigenvalue weighted by Gasteiger charge is -2.21. The summed E-state index contributed by atoms with van der Waals surface area (Å²) in [7, 11) is 0. The van der Waals surface area contributed by atoms with Crippen LogP contribution in [0.15, 0.2) is 54.6 Å². The van der Waals surface area contributed by atoms with Crippen molar-refractivity contribution in [1.82, 2.24) is 4.90 Å². The Morgan fingerprint density at radius 2 is 1.70 bits per heavy atom. The summed E-state index contributed by atoms with van der Waals surface area (Å²) in [6.45, 7) is 1.79. The van der Waals surface area contributed by atoms with Crippen LogP contribution in [0.1, 0.15) is 53.5 Å². The molecule has 1 saturated heterocycles. The summed E-state index contributed by atoms with van der Waals surface area (Å²) in [6.07, 6.45) is -2.86. The van der Waals surface area contributed by atoms with Crippen LogP contribution in [0.2, 0.25) is 0 Å². The number of likely N-dealkylation sites (tertiary alicyclic amines) is 1. The molecule has 1 aliphatic carbocycles. The van der Waals surface area contributed by atoms with E-state index in [4.69, 9.17) is 4.74 Å². The zero-order valence-corrected chi connectivity index (χ0v) is 21.7. The molecule has 3 nitrogen and oxygen atoms in total. The van der Waals surface area contributed by atoms with Crippen LogP contribution in [0.4, 0.5) is 26.3 Å². The lowest BCUT2D eigenvalue weighted by molar-refractivity contribution is -0.138. The Labute approximate surface area is 228 Å². The fourth-order valence-corrected chi connectivity index (χ4v) is 5.70. The van der Waals surface area contributed by atoms with Crippen molar-refractivity contribution in [2.24, 2.45) is 0 Å². The number of alkyl halides is 4. The van der Waals surface area contributed by atoms with Gasteiger partial charge in [0.25, 0.3) is 0 Å². The van der Waals surface area contributed by atoms with Gasteiger partial charge in [-0.05, 0) is 95.8 Å². The highest BCUT2D eigenvalue weighted by Crippen LogP contribution is 2.45. The van der Waals surface area contributed by atoms with Crippen LogP contribution in [-0.2, 0) is 12.6 Å². The summed E-state index contributed by atoms with van der Waals surface area (Å²) in [5, 5.41) is 10.0. The molecule has 40 heavy (non-hydrogen) atoms. The number of ether oxygens (including phenoxy) is 1. The van der Waals surface area contributed by atoms with E-state index in [1.807, 2.05) is 0 Å². The quantitative estimate of drug-likeness (QED) is 0.299. The molecule has 1 fully saturated rings. The summed E-state index contributed by atoms with van der Waals surface area (Å²) in [6, 6.07) is 12.2. The number of nitrogens with zero attached hydrogens (tertiary/aromatic N) is 1. The van der Waals surface area contributed by atoms with Crippen LogP contribution in [0.5, 0.6) is 11.5 Å². The molecule has 2 aliphatic rings. The minimum atomic E-state index is -4.80. The average molecular weight is 562 g/mol. The fourth-order valence-electron chi connectivity index (χ4n) is 5.70. The van der Waals surface area contributed by atoms with Gasteiger partial charge in [-0.1, -0.05) is 24.3 Å². The molecule has 5 rings (SSSR count). The first-order chi connectivity index (χ1) is 19.2. The van der Waals surface area contributed by atoms with Crippen molar-refractivity contribution in [1.29, 1.82) is 0 Å². The van der Waals surface area contributed by atoms with Gasteiger partial charge in [0.15, 0.2) is 11.6 Å². The third-order valence-electron chi connectivity index (χ3n) is 7.54. The van der Waals surface area contributed by atoms with Crippen LogP contribution in [0.3, 0.4) is 0 Å². The van der Waals surface area contributed by atoms with Crippen molar-refractivity contribution in [2.45, 2.75) is 44.4 Å². The second-order valence-corrected chi connectivity index (χ2v) is 10.2. The van der Waals surface area contributed by atoms with E-state index in [0.717, 1.165) is 25.1 Å². The number of fused-ring (bicyclic) bond motifs is 1. The zero-order chi connectivity index (χ0) is 28.4. The Kier molecular flexibility index (Phi) is 8.12. The zero-order valence-electron chi connectivity index (χ0n) is 21.7. The SMILES string of the molecule is Oc1ccc2c(c1F)CCCC(c1ccc(F)cc1C(F)(F)F)=C2c1ccc(O[C@H]2CCN(CCCF)C2)cc1. The molecular formula is C31H29F6NO2. The van der Waals surface area contributed by atoms with Gasteiger partial charge in [-0.2, -0.15) is 13.2 Å². The van der Waals surface area contributed by atoms with Gasteiger partial charge in [0, 0.05) is 19.6 Å². The Morgan fingerprint density at radius 3 is 2.42 bits per heavy atom. The van der Waals surface area contributed by atoms with Gasteiger partial charge < -0.3 is 9.84 Å². The smallest absolute Gasteiger partial charge is 0.417 e. The van der Waals surface area contributed by atoms with E-state index in [-0.39, 0.29) is 36.7 Å². The normalized spacial score (nSPS) is 18.1. The maximum Gasteiger partial charge on any atom is 0.417 e. The first-order valence-corrected chi connectivity index (χ1v) is 13.3. The Bertz CT molecular complexity index is 1400. The van der Waals surface area contributed by atoms with Gasteiger partial charge in [0.05, 0.1) is 12.2 Å². The molecule has 1 atom stereocenters. The number of phenols is 1. The maximum absolute atomic E-state index is 15.1. The summed E-state index contributed by atoms with van der Waals surface area (Å²) < 4.78 is 89.8. The molecule has 0 bridgehead atoms. The molecule has 9 heteroatoms. The number of benzene rings is 3. The predicted molar refractivity (Wildman–Crippen MR) is 141 cm³/mol. The molecule has 3 aromatic carbocycles. The van der Waals surface area contributed by atoms with Gasteiger partial charge in [-0.15, -0.1) is 0 Å². The highest BCUT2D eigenvalue weighted by molar-refractivity contribution is 6.00. The minimum absolute atomic E-state index is 0.0653. The summed E-state index contributed by atoms with van der Waals surface area (Å²) in [4.78, 5) is 2.14. The topological polar surface area (TPSA) is 32.7 Å². The third kappa shape index (κ3) is 5.84. The van der Waals surface area contributed by atoms with E-state index in [2.05, 4.69) is 4.90 Å². The number of hydrogen-bond donors (Lipinski definition) is 1. The largest absolute Gasteiger partial charge is 0.505 e. The highest BCUT2D eigenvalue weighted by Gasteiger charge is 2.36. The third-order valence-corrected chi connectivity index (χ3v) is 7.54. The van der Waals surface area contributed by atoms with E-state index in [9.17, 15) is 27.1 Å². The van der Waals surface area contributed by atoms with Crippen molar-refractivity contribution in [3.8, 4) is 11.5 Å². The average Bonchev–Trinajstić information content (AvgIpc) is 3.27. The van der Waals surface area contributed by atoms with Crippen molar-refractivity contribution in [3.05, 3.63) is 94.0 Å². The maximum atomic E-state index is 15.1. The predicted octanol–water partition coefficient (Wildman–Crippen LogP) is 7.80. The Balaban J connectivity index is 1.57. The van der Waals surface area contributed by atoms with Gasteiger partial charge >= 0.3 is 6.18 Å². The van der Waals surface area contributed by atoms with Crippen LogP contribution < -0.4 is 4.74 Å². The van der Waals surface area contributed by atoms with E-state index >= 15 is 4.39 Å². The minimum Gasteiger partial charge on any atom is -0.505 e. The second-order valence-electron chi connectivity index (χ2n) is 10.2. The number of aromatic hydroxyl groups is 1. The molecule has 0 unspecified atom stereocenters. The molecule has 1 aliphatic heterocycles. The van der Waals surface area contributed by atoms with E-state index < -0.39 is 29.1 Å². The van der Waals surface area contributed by atoms with E-state index in [0.29, 0.717) is 60.0 Å². The lowest BCUT2D eigenvalue weighted by atomic mass is 9.86. The Hall–Kier alpha value is -3.46. The second kappa shape index (κ2) is 11.6. The van der Waals surface area contributed by atoms with Crippen LogP contribution in [-0.4, -0.2) is 42.4 Å². The van der Waals surface area contributed by atoms with Crippen molar-refractivity contribution < 1.29 is 36.2 Å². The molecular weight excluding hydrogens is 532 g/mol. The number of rotatable bonds is 7. The van der Waals surface area contributed by atoms with Crippen LogP contribution >= 0.6 is 0 Å². The van der Waals surface area contributed by atoms with Crippen LogP contribution in [0.25, 0.3) is 11.1 Å². The van der Waals surface area contributed by atoms with Gasteiger partial charge in [0.2, 0.25) is 0 Å².